The fraction of sp³-hybridized carbons (Fsp3) is 0.535. The minimum Gasteiger partial charge on any atom is -0.386 e. The van der Waals surface area contributed by atoms with Gasteiger partial charge in [0.1, 0.15) is 36.3 Å². The number of nitrogens with two attached hydrogens (primary N) is 1. The number of aromatic nitrogens is 4. The number of ether oxygens (including phenoxy) is 1. The van der Waals surface area contributed by atoms with Crippen molar-refractivity contribution >= 4 is 69.1 Å². The first-order chi connectivity index (χ1) is 33.6. The van der Waals surface area contributed by atoms with E-state index < -0.39 is 84.6 Å². The van der Waals surface area contributed by atoms with Gasteiger partial charge in [0.2, 0.25) is 11.8 Å². The largest absolute Gasteiger partial charge is 0.481 e. The number of carbonyl (C=O) groups is 3. The van der Waals surface area contributed by atoms with E-state index in [4.69, 9.17) is 19.5 Å². The average Bonchev–Trinajstić information content (AvgIpc) is 3.86. The van der Waals surface area contributed by atoms with Gasteiger partial charge in [-0.2, -0.15) is 4.31 Å². The van der Waals surface area contributed by atoms with Crippen LogP contribution in [-0.4, -0.2) is 123 Å². The highest BCUT2D eigenvalue weighted by atomic mass is 32.2. The van der Waals surface area contributed by atoms with E-state index in [9.17, 15) is 57.9 Å². The smallest absolute Gasteiger partial charge is 0.386 e. The van der Waals surface area contributed by atoms with Crippen molar-refractivity contribution in [2.45, 2.75) is 109 Å². The zero-order valence-corrected chi connectivity index (χ0v) is 43.2. The van der Waals surface area contributed by atoms with E-state index in [0.29, 0.717) is 5.75 Å². The van der Waals surface area contributed by atoms with Crippen LogP contribution in [0.25, 0.3) is 11.2 Å². The number of nitrogen functional groups attached to an aromatic ring is 1. The van der Waals surface area contributed by atoms with Gasteiger partial charge < -0.3 is 50.9 Å². The third kappa shape index (κ3) is 23.6. The number of hydrogen-bond donors (Lipinski definition) is 9. The van der Waals surface area contributed by atoms with E-state index in [1.807, 2.05) is 12.2 Å². The van der Waals surface area contributed by atoms with Crippen molar-refractivity contribution in [3.8, 4) is 0 Å². The summed E-state index contributed by atoms with van der Waals surface area (Å²) in [5, 5.41) is 26.5. The Bertz CT molecular complexity index is 2360. The van der Waals surface area contributed by atoms with Crippen LogP contribution in [0, 0.1) is 5.41 Å². The number of phosphoric ester groups is 3. The molecular formula is C43H66N7O17P3S. The SMILES string of the molecule is CC/C=C\C/C=C\C/C=C\C/C=C\C/C=C\CC/C=C/CC(=O)SCCNC(=O)CCNC(=O)[C@H](O)C(C)(C)COP(=O)(O)OP(=O)(O)OC[C@H]1O[C@@H](n2cnc3c(N)ncnc32)[C@H](O)[C@@H]1OP(=O)(O)O. The first-order valence-electron chi connectivity index (χ1n) is 22.5. The van der Waals surface area contributed by atoms with Crippen LogP contribution in [0.1, 0.15) is 84.8 Å². The normalized spacial score (nSPS) is 20.3. The van der Waals surface area contributed by atoms with Crippen molar-refractivity contribution in [2.24, 2.45) is 5.41 Å². The lowest BCUT2D eigenvalue weighted by atomic mass is 9.87. The molecule has 7 atom stereocenters. The maximum absolute atomic E-state index is 12.7. The van der Waals surface area contributed by atoms with Crippen molar-refractivity contribution in [1.29, 1.82) is 0 Å². The van der Waals surface area contributed by atoms with Crippen LogP contribution in [0.15, 0.2) is 85.6 Å². The van der Waals surface area contributed by atoms with Crippen LogP contribution in [0.4, 0.5) is 5.82 Å². The lowest BCUT2D eigenvalue weighted by Gasteiger charge is -2.30. The van der Waals surface area contributed by atoms with Crippen LogP contribution >= 0.6 is 35.2 Å². The van der Waals surface area contributed by atoms with Gasteiger partial charge in [-0.25, -0.2) is 28.6 Å². The highest BCUT2D eigenvalue weighted by Crippen LogP contribution is 2.61. The lowest BCUT2D eigenvalue weighted by Crippen LogP contribution is -2.46. The molecule has 10 N–H and O–H groups in total. The molecule has 3 heterocycles. The van der Waals surface area contributed by atoms with Gasteiger partial charge in [0.15, 0.2) is 22.8 Å². The number of aliphatic hydroxyl groups excluding tert-OH is 2. The molecule has 0 radical (unpaired) electrons. The summed E-state index contributed by atoms with van der Waals surface area (Å²) in [6, 6.07) is 0. The molecule has 24 nitrogen and oxygen atoms in total. The first-order valence-corrected chi connectivity index (χ1v) is 28.0. The zero-order valence-electron chi connectivity index (χ0n) is 39.7. The van der Waals surface area contributed by atoms with E-state index in [0.717, 1.165) is 73.9 Å². The fourth-order valence-electron chi connectivity index (χ4n) is 6.21. The lowest BCUT2D eigenvalue weighted by molar-refractivity contribution is -0.137. The van der Waals surface area contributed by atoms with Gasteiger partial charge in [0.05, 0.1) is 19.5 Å². The van der Waals surface area contributed by atoms with Crippen LogP contribution in [-0.2, 0) is 50.7 Å². The number of thioether (sulfide) groups is 1. The third-order valence-electron chi connectivity index (χ3n) is 9.87. The van der Waals surface area contributed by atoms with Crippen LogP contribution in [0.2, 0.25) is 0 Å². The molecule has 1 aliphatic rings. The summed E-state index contributed by atoms with van der Waals surface area (Å²) in [4.78, 5) is 88.4. The number of anilines is 1. The summed E-state index contributed by atoms with van der Waals surface area (Å²) in [6.45, 7) is 2.60. The molecule has 0 aromatic carbocycles. The quantitative estimate of drug-likeness (QED) is 0.0254. The number of carbonyl (C=O) groups excluding carboxylic acids is 3. The molecule has 1 aliphatic heterocycles. The summed E-state index contributed by atoms with van der Waals surface area (Å²) in [5.41, 5.74) is 4.27. The molecule has 0 bridgehead atoms. The maximum atomic E-state index is 12.7. The molecule has 71 heavy (non-hydrogen) atoms. The number of phosphoric acid groups is 3. The molecule has 2 aromatic heterocycles. The number of aliphatic hydroxyl groups is 2. The summed E-state index contributed by atoms with van der Waals surface area (Å²) >= 11 is 1.08. The highest BCUT2D eigenvalue weighted by Gasteiger charge is 2.50. The summed E-state index contributed by atoms with van der Waals surface area (Å²) in [7, 11) is -16.4. The second-order valence-electron chi connectivity index (χ2n) is 16.3. The standard InChI is InChI=1S/C43H66N7O17P3S/c1-4-5-6-7-8-9-10-11-12-13-14-15-16-17-18-19-20-21-22-23-34(52)71-27-26-45-33(51)24-25-46-41(55)38(54)43(2,3)29-64-70(61,62)67-69(59,60)63-28-32-37(66-68(56,57)58)36(53)42(65-32)50-31-49-35-39(44)47-30-48-40(35)50/h5-6,8-9,11-12,14-15,17-18,21-22,30-32,36-38,42,53-54H,4,7,10,13,16,19-20,23-29H2,1-3H3,(H,45,51)(H,46,55)(H,59,60)(H,61,62)(H2,44,47,48)(H2,56,57,58)/b6-5-,9-8-,12-11-,15-14-,18-17-,22-21+/t32-,36-,37-,38+,42-/m1/s1. The Morgan fingerprint density at radius 2 is 1.45 bits per heavy atom. The van der Waals surface area contributed by atoms with Gasteiger partial charge in [0, 0.05) is 37.1 Å². The van der Waals surface area contributed by atoms with E-state index in [1.165, 1.54) is 13.8 Å². The van der Waals surface area contributed by atoms with E-state index >= 15 is 0 Å². The van der Waals surface area contributed by atoms with Crippen molar-refractivity contribution in [2.75, 3.05) is 37.8 Å². The molecule has 1 saturated heterocycles. The monoisotopic (exact) mass is 1080 g/mol. The van der Waals surface area contributed by atoms with Crippen molar-refractivity contribution < 1.29 is 80.5 Å². The van der Waals surface area contributed by atoms with Crippen molar-refractivity contribution in [3.05, 3.63) is 85.6 Å². The molecule has 396 valence electrons. The number of rotatable bonds is 33. The average molecular weight is 1080 g/mol. The molecule has 0 saturated carbocycles. The number of nitrogens with one attached hydrogen (secondary N) is 2. The number of unbranched alkanes of at least 4 members (excludes halogenated alkanes) is 1. The second kappa shape index (κ2) is 30.9. The summed E-state index contributed by atoms with van der Waals surface area (Å²) < 4.78 is 62.4. The van der Waals surface area contributed by atoms with Crippen LogP contribution in [0.3, 0.4) is 0 Å². The van der Waals surface area contributed by atoms with Gasteiger partial charge in [-0.3, -0.25) is 32.5 Å². The van der Waals surface area contributed by atoms with Crippen LogP contribution < -0.4 is 16.4 Å². The van der Waals surface area contributed by atoms with Gasteiger partial charge >= 0.3 is 23.5 Å². The first kappa shape index (κ1) is 61.3. The number of amides is 2. The molecular weight excluding hydrogens is 1010 g/mol. The minimum atomic E-state index is -5.58. The van der Waals surface area contributed by atoms with Gasteiger partial charge in [0.25, 0.3) is 0 Å². The Kier molecular flexibility index (Phi) is 26.7. The fourth-order valence-corrected chi connectivity index (χ4v) is 9.69. The Labute approximate surface area is 416 Å². The molecule has 2 aromatic rings. The predicted octanol–water partition coefficient (Wildman–Crippen LogP) is 5.14. The summed E-state index contributed by atoms with van der Waals surface area (Å²) in [6.07, 6.45) is 25.0. The molecule has 3 rings (SSSR count). The molecule has 2 amide bonds. The third-order valence-corrected chi connectivity index (χ3v) is 13.9. The van der Waals surface area contributed by atoms with Crippen LogP contribution in [0.5, 0.6) is 0 Å². The maximum Gasteiger partial charge on any atom is 0.481 e. The number of imidazole rings is 1. The predicted molar refractivity (Wildman–Crippen MR) is 265 cm³/mol. The second-order valence-corrected chi connectivity index (χ2v) is 21.6. The summed E-state index contributed by atoms with van der Waals surface area (Å²) in [5.74, 6) is -1.13. The number of allylic oxidation sites excluding steroid dienone is 12. The van der Waals surface area contributed by atoms with Gasteiger partial charge in [-0.05, 0) is 44.9 Å². The number of fused-ring (bicyclic) bond motifs is 1. The van der Waals surface area contributed by atoms with Gasteiger partial charge in [-0.1, -0.05) is 105 Å². The van der Waals surface area contributed by atoms with Gasteiger partial charge in [-0.15, -0.1) is 0 Å². The van der Waals surface area contributed by atoms with E-state index in [1.54, 1.807) is 0 Å². The number of hydrogen-bond acceptors (Lipinski definition) is 18. The molecule has 2 unspecified atom stereocenters. The Balaban J connectivity index is 1.29. The topological polar surface area (TPSA) is 364 Å². The highest BCUT2D eigenvalue weighted by molar-refractivity contribution is 8.13. The minimum absolute atomic E-state index is 0.0291. The molecule has 0 aliphatic carbocycles. The molecule has 0 spiro atoms. The Hall–Kier alpha value is -4.00. The van der Waals surface area contributed by atoms with E-state index in [2.05, 4.69) is 102 Å². The molecule has 28 heteroatoms. The Morgan fingerprint density at radius 3 is 2.07 bits per heavy atom. The van der Waals surface area contributed by atoms with Crippen molar-refractivity contribution in [3.63, 3.8) is 0 Å². The zero-order chi connectivity index (χ0) is 52.5. The molecule has 1 fully saturated rings. The number of nitrogens with zero attached hydrogens (tertiary/aromatic N) is 4. The van der Waals surface area contributed by atoms with E-state index in [-0.39, 0.29) is 48.0 Å². The van der Waals surface area contributed by atoms with Crippen molar-refractivity contribution in [1.82, 2.24) is 30.2 Å². The Morgan fingerprint density at radius 1 is 0.859 bits per heavy atom.